The summed E-state index contributed by atoms with van der Waals surface area (Å²) in [7, 11) is -4.43. The van der Waals surface area contributed by atoms with Crippen LogP contribution in [0.15, 0.2) is 85.1 Å². The Morgan fingerprint density at radius 2 is 1.04 bits per heavy atom. The predicted octanol–water partition coefficient (Wildman–Crippen LogP) is 11.7. The van der Waals surface area contributed by atoms with Gasteiger partial charge in [0.25, 0.3) is 0 Å². The predicted molar refractivity (Wildman–Crippen MR) is 229 cm³/mol. The second-order valence-corrected chi connectivity index (χ2v) is 15.0. The highest BCUT2D eigenvalue weighted by atomic mass is 31.2. The number of allylic oxidation sites excluding steroid dienone is 14. The molecule has 1 amide bonds. The number of aliphatic hydroxyl groups is 1. The number of amides is 1. The third kappa shape index (κ3) is 42.2. The van der Waals surface area contributed by atoms with Crippen LogP contribution in [0.1, 0.15) is 155 Å². The molecule has 9 nitrogen and oxygen atoms in total. The third-order valence-electron chi connectivity index (χ3n) is 8.31. The molecule has 0 spiro atoms. The Hall–Kier alpha value is -2.81. The van der Waals surface area contributed by atoms with Crippen LogP contribution in [0.5, 0.6) is 0 Å². The van der Waals surface area contributed by atoms with Crippen molar-refractivity contribution in [3.05, 3.63) is 85.1 Å². The van der Waals surface area contributed by atoms with Crippen molar-refractivity contribution in [3.8, 4) is 0 Å². The lowest BCUT2D eigenvalue weighted by Crippen LogP contribution is -2.27. The highest BCUT2D eigenvalue weighted by molar-refractivity contribution is 7.47. The first kappa shape index (κ1) is 52.2. The maximum absolute atomic E-state index is 12.1. The Balaban J connectivity index is 3.71. The number of nitrogens with one attached hydrogen (secondary N) is 1. The molecule has 0 rings (SSSR count). The van der Waals surface area contributed by atoms with Gasteiger partial charge in [0.05, 0.1) is 13.2 Å². The molecule has 0 aliphatic rings. The van der Waals surface area contributed by atoms with E-state index in [1.54, 1.807) is 0 Å². The fraction of sp³-hybridized carbons (Fsp3) is 0.644. The van der Waals surface area contributed by atoms with Crippen molar-refractivity contribution in [2.24, 2.45) is 0 Å². The summed E-state index contributed by atoms with van der Waals surface area (Å²) in [5, 5.41) is 12.7. The molecule has 10 heteroatoms. The second kappa shape index (κ2) is 40.8. The van der Waals surface area contributed by atoms with E-state index in [2.05, 4.69) is 104 Å². The van der Waals surface area contributed by atoms with E-state index in [9.17, 15) is 24.2 Å². The van der Waals surface area contributed by atoms with Crippen molar-refractivity contribution in [1.82, 2.24) is 5.32 Å². The van der Waals surface area contributed by atoms with Gasteiger partial charge in [0.1, 0.15) is 12.7 Å². The molecule has 2 unspecified atom stereocenters. The minimum absolute atomic E-state index is 0.0572. The Morgan fingerprint density at radius 1 is 0.582 bits per heavy atom. The minimum Gasteiger partial charge on any atom is -0.463 e. The van der Waals surface area contributed by atoms with Gasteiger partial charge in [0.2, 0.25) is 5.91 Å². The first-order chi connectivity index (χ1) is 26.8. The molecular weight excluding hydrogens is 713 g/mol. The van der Waals surface area contributed by atoms with E-state index in [1.165, 1.54) is 25.7 Å². The van der Waals surface area contributed by atoms with Crippen molar-refractivity contribution >= 4 is 19.7 Å². The molecule has 0 radical (unpaired) electrons. The molecule has 0 heterocycles. The Kier molecular flexibility index (Phi) is 38.8. The molecule has 0 aromatic rings. The Morgan fingerprint density at radius 3 is 1.58 bits per heavy atom. The SMILES string of the molecule is CC/C=C\C/C=C\C/C=C\CCCCCCCC(=O)OCC(O)COP(=O)(O)OCCNC(=O)CCCCC/C=C\C/C=C\C/C=C\C/C=C\CCCCC. The molecule has 3 N–H and O–H groups in total. The summed E-state index contributed by atoms with van der Waals surface area (Å²) in [5.41, 5.74) is 0. The van der Waals surface area contributed by atoms with Gasteiger partial charge in [-0.05, 0) is 89.9 Å². The average Bonchev–Trinajstić information content (AvgIpc) is 3.17. The number of phosphoric ester groups is 1. The fourth-order valence-corrected chi connectivity index (χ4v) is 5.90. The summed E-state index contributed by atoms with van der Waals surface area (Å²) < 4.78 is 26.8. The standard InChI is InChI=1S/C45H76NO8P/c1-3-5-7-9-11-13-15-17-19-20-21-22-24-25-27-29-31-33-35-37-44(48)46-39-40-53-55(50,51)54-42-43(47)41-52-45(49)38-36-34-32-30-28-26-23-18-16-14-12-10-8-6-4-2/h6,8,11-14,17-19,21-23,25,27,43,47H,3-5,7,9-10,15-16,20,24,26,28-42H2,1-2H3,(H,46,48)(H,50,51)/b8-6-,13-11-,14-12-,19-17-,22-21-,23-18-,27-25-. The highest BCUT2D eigenvalue weighted by Crippen LogP contribution is 2.42. The van der Waals surface area contributed by atoms with Crippen molar-refractivity contribution in [2.75, 3.05) is 26.4 Å². The van der Waals surface area contributed by atoms with Crippen LogP contribution < -0.4 is 5.32 Å². The molecule has 0 saturated carbocycles. The Labute approximate surface area is 334 Å². The zero-order valence-corrected chi connectivity index (χ0v) is 35.2. The summed E-state index contributed by atoms with van der Waals surface area (Å²) in [6, 6.07) is 0. The van der Waals surface area contributed by atoms with Gasteiger partial charge in [-0.1, -0.05) is 137 Å². The Bertz CT molecular complexity index is 1170. The minimum atomic E-state index is -4.43. The van der Waals surface area contributed by atoms with Gasteiger partial charge in [-0.3, -0.25) is 18.6 Å². The van der Waals surface area contributed by atoms with E-state index < -0.39 is 26.5 Å². The lowest BCUT2D eigenvalue weighted by atomic mass is 10.1. The van der Waals surface area contributed by atoms with Crippen LogP contribution in [-0.2, 0) is 27.9 Å². The van der Waals surface area contributed by atoms with Crippen LogP contribution in [-0.4, -0.2) is 54.3 Å². The molecule has 0 aliphatic carbocycles. The number of hydrogen-bond acceptors (Lipinski definition) is 7. The summed E-state index contributed by atoms with van der Waals surface area (Å²) in [4.78, 5) is 33.9. The molecule has 0 saturated heterocycles. The molecule has 0 aliphatic heterocycles. The zero-order chi connectivity index (χ0) is 40.3. The molecule has 55 heavy (non-hydrogen) atoms. The maximum Gasteiger partial charge on any atom is 0.472 e. The van der Waals surface area contributed by atoms with Crippen LogP contribution in [0.25, 0.3) is 0 Å². The number of rotatable bonds is 38. The van der Waals surface area contributed by atoms with Gasteiger partial charge < -0.3 is 20.1 Å². The normalized spacial score (nSPS) is 14.2. The van der Waals surface area contributed by atoms with Crippen molar-refractivity contribution in [1.29, 1.82) is 0 Å². The van der Waals surface area contributed by atoms with E-state index in [-0.39, 0.29) is 32.1 Å². The molecule has 0 fully saturated rings. The molecule has 0 aromatic carbocycles. The molecule has 2 atom stereocenters. The molecular formula is C45H76NO8P. The number of phosphoric acid groups is 1. The zero-order valence-electron chi connectivity index (χ0n) is 34.3. The smallest absolute Gasteiger partial charge is 0.463 e. The van der Waals surface area contributed by atoms with Gasteiger partial charge >= 0.3 is 13.8 Å². The number of ether oxygens (including phenoxy) is 1. The van der Waals surface area contributed by atoms with Crippen LogP contribution >= 0.6 is 7.82 Å². The number of unbranched alkanes of at least 4 members (excludes halogenated alkanes) is 11. The van der Waals surface area contributed by atoms with E-state index in [0.29, 0.717) is 12.8 Å². The fourth-order valence-electron chi connectivity index (χ4n) is 5.14. The lowest BCUT2D eigenvalue weighted by Gasteiger charge is -2.15. The van der Waals surface area contributed by atoms with Crippen molar-refractivity contribution in [2.45, 2.75) is 161 Å². The molecule has 0 aromatic heterocycles. The van der Waals surface area contributed by atoms with E-state index >= 15 is 0 Å². The first-order valence-electron chi connectivity index (χ1n) is 21.1. The maximum atomic E-state index is 12.1. The van der Waals surface area contributed by atoms with E-state index in [1.807, 2.05) is 0 Å². The average molecular weight is 790 g/mol. The summed E-state index contributed by atoms with van der Waals surface area (Å²) in [5.74, 6) is -0.573. The quantitative estimate of drug-likeness (QED) is 0.0244. The summed E-state index contributed by atoms with van der Waals surface area (Å²) in [6.07, 6.45) is 50.8. The van der Waals surface area contributed by atoms with Gasteiger partial charge in [-0.15, -0.1) is 0 Å². The summed E-state index contributed by atoms with van der Waals surface area (Å²) >= 11 is 0. The lowest BCUT2D eigenvalue weighted by molar-refractivity contribution is -0.147. The van der Waals surface area contributed by atoms with Gasteiger partial charge in [-0.25, -0.2) is 4.57 Å². The monoisotopic (exact) mass is 790 g/mol. The number of aliphatic hydroxyl groups excluding tert-OH is 1. The number of hydrogen-bond donors (Lipinski definition) is 3. The molecule has 0 bridgehead atoms. The van der Waals surface area contributed by atoms with Gasteiger partial charge in [0.15, 0.2) is 0 Å². The van der Waals surface area contributed by atoms with Gasteiger partial charge in [0, 0.05) is 19.4 Å². The topological polar surface area (TPSA) is 131 Å². The highest BCUT2D eigenvalue weighted by Gasteiger charge is 2.23. The van der Waals surface area contributed by atoms with Crippen LogP contribution in [0.3, 0.4) is 0 Å². The van der Waals surface area contributed by atoms with Crippen molar-refractivity contribution < 1.29 is 37.9 Å². The van der Waals surface area contributed by atoms with Crippen LogP contribution in [0, 0.1) is 0 Å². The van der Waals surface area contributed by atoms with E-state index in [0.717, 1.165) is 96.3 Å². The van der Waals surface area contributed by atoms with Gasteiger partial charge in [-0.2, -0.15) is 0 Å². The third-order valence-corrected chi connectivity index (χ3v) is 9.29. The second-order valence-electron chi connectivity index (χ2n) is 13.6. The first-order valence-corrected chi connectivity index (χ1v) is 22.6. The molecule has 314 valence electrons. The number of esters is 1. The van der Waals surface area contributed by atoms with Crippen LogP contribution in [0.2, 0.25) is 0 Å². The number of carbonyl (C=O) groups excluding carboxylic acids is 2. The van der Waals surface area contributed by atoms with Crippen molar-refractivity contribution in [3.63, 3.8) is 0 Å². The van der Waals surface area contributed by atoms with E-state index in [4.69, 9.17) is 13.8 Å². The number of carbonyl (C=O) groups is 2. The van der Waals surface area contributed by atoms with Crippen LogP contribution in [0.4, 0.5) is 0 Å². The summed E-state index contributed by atoms with van der Waals surface area (Å²) in [6.45, 7) is 3.33. The largest absolute Gasteiger partial charge is 0.472 e.